The second-order valence-corrected chi connectivity index (χ2v) is 7.30. The summed E-state index contributed by atoms with van der Waals surface area (Å²) in [4.78, 5) is 0.0328. The Bertz CT molecular complexity index is 652. The summed E-state index contributed by atoms with van der Waals surface area (Å²) in [5, 5.41) is 9.10. The number of rotatable bonds is 3. The van der Waals surface area contributed by atoms with Crippen molar-refractivity contribution < 1.29 is 8.42 Å². The van der Waals surface area contributed by atoms with Crippen LogP contribution in [0.15, 0.2) is 23.1 Å². The maximum absolute atomic E-state index is 12.8. The van der Waals surface area contributed by atoms with Crippen LogP contribution in [0, 0.1) is 11.3 Å². The summed E-state index contributed by atoms with van der Waals surface area (Å²) < 4.78 is 27.2. The molecule has 0 radical (unpaired) electrons. The first-order chi connectivity index (χ1) is 9.41. The van der Waals surface area contributed by atoms with Crippen LogP contribution in [0.5, 0.6) is 0 Å². The van der Waals surface area contributed by atoms with Gasteiger partial charge in [0.15, 0.2) is 0 Å². The first-order valence-corrected chi connectivity index (χ1v) is 8.46. The number of nitriles is 1. The minimum absolute atomic E-state index is 0.0109. The molecule has 1 heterocycles. The van der Waals surface area contributed by atoms with Crippen molar-refractivity contribution in [1.29, 1.82) is 5.26 Å². The third-order valence-electron chi connectivity index (χ3n) is 3.80. The highest BCUT2D eigenvalue weighted by molar-refractivity contribution is 7.89. The van der Waals surface area contributed by atoms with E-state index in [0.717, 1.165) is 19.3 Å². The van der Waals surface area contributed by atoms with Crippen molar-refractivity contribution in [1.82, 2.24) is 4.31 Å². The third kappa shape index (κ3) is 2.56. The number of benzene rings is 1. The summed E-state index contributed by atoms with van der Waals surface area (Å²) in [5.41, 5.74) is 0.299. The molecule has 1 aromatic carbocycles. The molecule has 1 aliphatic rings. The Morgan fingerprint density at radius 3 is 2.75 bits per heavy atom. The SMILES string of the molecule is CCC1CCC(C)N1S(=O)(=O)c1cc(C#N)ccc1Cl. The smallest absolute Gasteiger partial charge is 0.207 e. The van der Waals surface area contributed by atoms with Crippen molar-refractivity contribution in [2.75, 3.05) is 0 Å². The van der Waals surface area contributed by atoms with Gasteiger partial charge in [-0.2, -0.15) is 9.57 Å². The van der Waals surface area contributed by atoms with E-state index in [0.29, 0.717) is 5.56 Å². The van der Waals surface area contributed by atoms with E-state index >= 15 is 0 Å². The van der Waals surface area contributed by atoms with Crippen LogP contribution >= 0.6 is 11.6 Å². The molecule has 1 aromatic rings. The lowest BCUT2D eigenvalue weighted by Crippen LogP contribution is -2.39. The number of hydrogen-bond acceptors (Lipinski definition) is 3. The molecule has 0 amide bonds. The number of nitrogens with zero attached hydrogens (tertiary/aromatic N) is 2. The van der Waals surface area contributed by atoms with Gasteiger partial charge in [0.25, 0.3) is 0 Å². The van der Waals surface area contributed by atoms with Crippen LogP contribution in [-0.2, 0) is 10.0 Å². The number of halogens is 1. The van der Waals surface area contributed by atoms with Gasteiger partial charge in [-0.25, -0.2) is 8.42 Å². The van der Waals surface area contributed by atoms with Gasteiger partial charge < -0.3 is 0 Å². The van der Waals surface area contributed by atoms with Crippen LogP contribution in [0.4, 0.5) is 0 Å². The summed E-state index contributed by atoms with van der Waals surface area (Å²) in [6, 6.07) is 6.27. The van der Waals surface area contributed by atoms with E-state index < -0.39 is 10.0 Å². The van der Waals surface area contributed by atoms with Crippen LogP contribution in [-0.4, -0.2) is 24.8 Å². The van der Waals surface area contributed by atoms with E-state index in [1.54, 1.807) is 4.31 Å². The maximum atomic E-state index is 12.8. The third-order valence-corrected chi connectivity index (χ3v) is 6.35. The Morgan fingerprint density at radius 2 is 2.15 bits per heavy atom. The van der Waals surface area contributed by atoms with Gasteiger partial charge in [-0.15, -0.1) is 0 Å². The topological polar surface area (TPSA) is 61.2 Å². The molecule has 0 N–H and O–H groups in total. The van der Waals surface area contributed by atoms with Gasteiger partial charge in [0, 0.05) is 12.1 Å². The van der Waals surface area contributed by atoms with Gasteiger partial charge >= 0.3 is 0 Å². The minimum atomic E-state index is -3.66. The fourth-order valence-electron chi connectivity index (χ4n) is 2.75. The molecule has 0 spiro atoms. The first kappa shape index (κ1) is 15.3. The zero-order chi connectivity index (χ0) is 14.9. The lowest BCUT2D eigenvalue weighted by atomic mass is 10.2. The molecule has 0 bridgehead atoms. The summed E-state index contributed by atoms with van der Waals surface area (Å²) in [7, 11) is -3.66. The maximum Gasteiger partial charge on any atom is 0.245 e. The molecule has 6 heteroatoms. The molecule has 2 unspecified atom stereocenters. The minimum Gasteiger partial charge on any atom is -0.207 e. The zero-order valence-electron chi connectivity index (χ0n) is 11.5. The Hall–Kier alpha value is -1.09. The molecule has 108 valence electrons. The van der Waals surface area contributed by atoms with Crippen molar-refractivity contribution in [3.8, 4) is 6.07 Å². The molecule has 0 saturated carbocycles. The molecule has 1 aliphatic heterocycles. The zero-order valence-corrected chi connectivity index (χ0v) is 13.1. The quantitative estimate of drug-likeness (QED) is 0.861. The molecule has 0 aromatic heterocycles. The highest BCUT2D eigenvalue weighted by Crippen LogP contribution is 2.35. The van der Waals surface area contributed by atoms with Gasteiger partial charge in [0.2, 0.25) is 10.0 Å². The number of hydrogen-bond donors (Lipinski definition) is 0. The van der Waals surface area contributed by atoms with E-state index in [4.69, 9.17) is 16.9 Å². The van der Waals surface area contributed by atoms with E-state index in [1.807, 2.05) is 19.9 Å². The highest BCUT2D eigenvalue weighted by Gasteiger charge is 2.40. The van der Waals surface area contributed by atoms with Crippen LogP contribution in [0.25, 0.3) is 0 Å². The van der Waals surface area contributed by atoms with Gasteiger partial charge in [0.1, 0.15) is 4.90 Å². The van der Waals surface area contributed by atoms with Gasteiger partial charge in [0.05, 0.1) is 16.7 Å². The Kier molecular flexibility index (Phi) is 4.38. The van der Waals surface area contributed by atoms with Crippen LogP contribution in [0.1, 0.15) is 38.7 Å². The second kappa shape index (κ2) is 5.72. The van der Waals surface area contributed by atoms with Crippen molar-refractivity contribution in [3.63, 3.8) is 0 Å². The predicted molar refractivity (Wildman–Crippen MR) is 78.0 cm³/mol. The van der Waals surface area contributed by atoms with Crippen LogP contribution in [0.3, 0.4) is 0 Å². The molecule has 1 saturated heterocycles. The number of sulfonamides is 1. The van der Waals surface area contributed by atoms with Crippen molar-refractivity contribution in [2.24, 2.45) is 0 Å². The van der Waals surface area contributed by atoms with Crippen molar-refractivity contribution in [2.45, 2.75) is 50.1 Å². The molecule has 0 aliphatic carbocycles. The van der Waals surface area contributed by atoms with Crippen molar-refractivity contribution >= 4 is 21.6 Å². The second-order valence-electron chi connectivity index (χ2n) is 5.08. The van der Waals surface area contributed by atoms with Gasteiger partial charge in [-0.3, -0.25) is 0 Å². The predicted octanol–water partition coefficient (Wildman–Crippen LogP) is 3.16. The standard InChI is InChI=1S/C14H17ClN2O2S/c1-3-12-6-4-10(2)17(12)20(18,19)14-8-11(9-16)5-7-13(14)15/h5,7-8,10,12H,3-4,6H2,1-2H3. The molecular formula is C14H17ClN2O2S. The van der Waals surface area contributed by atoms with Gasteiger partial charge in [-0.1, -0.05) is 18.5 Å². The Labute approximate surface area is 125 Å². The molecule has 1 fully saturated rings. The average Bonchev–Trinajstić information content (AvgIpc) is 2.81. The lowest BCUT2D eigenvalue weighted by molar-refractivity contribution is 0.329. The van der Waals surface area contributed by atoms with Crippen LogP contribution < -0.4 is 0 Å². The first-order valence-electron chi connectivity index (χ1n) is 6.65. The van der Waals surface area contributed by atoms with E-state index in [-0.39, 0.29) is 22.0 Å². The summed E-state index contributed by atoms with van der Waals surface area (Å²) in [5.74, 6) is 0. The van der Waals surface area contributed by atoms with E-state index in [2.05, 4.69) is 0 Å². The molecular weight excluding hydrogens is 296 g/mol. The fourth-order valence-corrected chi connectivity index (χ4v) is 5.20. The summed E-state index contributed by atoms with van der Waals surface area (Å²) in [6.45, 7) is 3.90. The molecule has 2 atom stereocenters. The van der Waals surface area contributed by atoms with Crippen LogP contribution in [0.2, 0.25) is 5.02 Å². The summed E-state index contributed by atoms with van der Waals surface area (Å²) in [6.07, 6.45) is 2.50. The van der Waals surface area contributed by atoms with E-state index in [9.17, 15) is 8.42 Å². The average molecular weight is 313 g/mol. The lowest BCUT2D eigenvalue weighted by Gasteiger charge is -2.27. The Morgan fingerprint density at radius 1 is 1.45 bits per heavy atom. The summed E-state index contributed by atoms with van der Waals surface area (Å²) >= 11 is 6.04. The van der Waals surface area contributed by atoms with Crippen molar-refractivity contribution in [3.05, 3.63) is 28.8 Å². The molecule has 2 rings (SSSR count). The highest BCUT2D eigenvalue weighted by atomic mass is 35.5. The fraction of sp³-hybridized carbons (Fsp3) is 0.500. The van der Waals surface area contributed by atoms with E-state index in [1.165, 1.54) is 18.2 Å². The molecule has 20 heavy (non-hydrogen) atoms. The molecule has 4 nitrogen and oxygen atoms in total. The monoisotopic (exact) mass is 312 g/mol. The Balaban J connectivity index is 2.53. The largest absolute Gasteiger partial charge is 0.245 e. The van der Waals surface area contributed by atoms with Gasteiger partial charge in [-0.05, 0) is 44.4 Å². The normalized spacial score (nSPS) is 23.7.